The number of piperidine rings is 1. The summed E-state index contributed by atoms with van der Waals surface area (Å²) >= 11 is 0. The molecule has 5 heteroatoms. The number of carbonyl (C=O) groups excluding carboxylic acids is 1. The Bertz CT molecular complexity index is 421. The highest BCUT2D eigenvalue weighted by Crippen LogP contribution is 2.31. The first kappa shape index (κ1) is 14.1. The SMILES string of the molecule is CCCc1cc(NC(=O)C2(CC)CCCNC2)n[nH]1. The molecule has 0 radical (unpaired) electrons. The standard InChI is InChI=1S/C14H24N4O/c1-3-6-11-9-12(18-17-11)16-13(19)14(4-2)7-5-8-15-10-14/h9,15H,3-8,10H2,1-2H3,(H2,16,17,18,19). The summed E-state index contributed by atoms with van der Waals surface area (Å²) in [6.07, 6.45) is 4.90. The number of H-pyrrole nitrogens is 1. The molecule has 1 aromatic heterocycles. The molecule has 1 aliphatic rings. The van der Waals surface area contributed by atoms with E-state index in [-0.39, 0.29) is 11.3 Å². The van der Waals surface area contributed by atoms with E-state index in [0.29, 0.717) is 5.82 Å². The quantitative estimate of drug-likeness (QED) is 0.762. The Morgan fingerprint density at radius 2 is 2.37 bits per heavy atom. The third-order valence-corrected chi connectivity index (χ3v) is 4.02. The molecule has 106 valence electrons. The maximum Gasteiger partial charge on any atom is 0.233 e. The van der Waals surface area contributed by atoms with Crippen molar-refractivity contribution >= 4 is 11.7 Å². The summed E-state index contributed by atoms with van der Waals surface area (Å²) < 4.78 is 0. The number of aromatic nitrogens is 2. The number of hydrogen-bond acceptors (Lipinski definition) is 3. The van der Waals surface area contributed by atoms with Crippen molar-refractivity contribution in [2.24, 2.45) is 5.41 Å². The Morgan fingerprint density at radius 1 is 1.53 bits per heavy atom. The van der Waals surface area contributed by atoms with Crippen LogP contribution in [0.3, 0.4) is 0 Å². The number of aryl methyl sites for hydroxylation is 1. The molecule has 1 saturated heterocycles. The average Bonchev–Trinajstić information content (AvgIpc) is 2.87. The first-order valence-electron chi connectivity index (χ1n) is 7.26. The van der Waals surface area contributed by atoms with Crippen LogP contribution in [0.15, 0.2) is 6.07 Å². The average molecular weight is 264 g/mol. The van der Waals surface area contributed by atoms with Gasteiger partial charge in [0.25, 0.3) is 0 Å². The monoisotopic (exact) mass is 264 g/mol. The van der Waals surface area contributed by atoms with Crippen LogP contribution in [0.4, 0.5) is 5.82 Å². The smallest absolute Gasteiger partial charge is 0.233 e. The highest BCUT2D eigenvalue weighted by Gasteiger charge is 2.38. The third-order valence-electron chi connectivity index (χ3n) is 4.02. The Balaban J connectivity index is 2.01. The summed E-state index contributed by atoms with van der Waals surface area (Å²) in [7, 11) is 0. The van der Waals surface area contributed by atoms with Gasteiger partial charge in [-0.3, -0.25) is 9.89 Å². The van der Waals surface area contributed by atoms with Crippen molar-refractivity contribution < 1.29 is 4.79 Å². The summed E-state index contributed by atoms with van der Waals surface area (Å²) in [6.45, 7) is 5.98. The van der Waals surface area contributed by atoms with E-state index in [0.717, 1.165) is 50.9 Å². The zero-order valence-corrected chi connectivity index (χ0v) is 11.9. The normalized spacial score (nSPS) is 23.3. The number of carbonyl (C=O) groups is 1. The number of rotatable bonds is 5. The minimum atomic E-state index is -0.276. The fraction of sp³-hybridized carbons (Fsp3) is 0.714. The van der Waals surface area contributed by atoms with Crippen molar-refractivity contribution in [2.75, 3.05) is 18.4 Å². The molecule has 0 spiro atoms. The molecule has 3 N–H and O–H groups in total. The van der Waals surface area contributed by atoms with E-state index < -0.39 is 0 Å². The van der Waals surface area contributed by atoms with Crippen LogP contribution in [0, 0.1) is 5.41 Å². The van der Waals surface area contributed by atoms with Crippen molar-refractivity contribution in [1.29, 1.82) is 0 Å². The van der Waals surface area contributed by atoms with Gasteiger partial charge in [-0.05, 0) is 32.2 Å². The number of nitrogens with one attached hydrogen (secondary N) is 3. The minimum Gasteiger partial charge on any atom is -0.316 e. The first-order chi connectivity index (χ1) is 9.20. The molecule has 0 aliphatic carbocycles. The second-order valence-corrected chi connectivity index (χ2v) is 5.40. The fourth-order valence-corrected chi connectivity index (χ4v) is 2.70. The molecule has 2 heterocycles. The van der Waals surface area contributed by atoms with Gasteiger partial charge in [0.15, 0.2) is 5.82 Å². The van der Waals surface area contributed by atoms with Crippen molar-refractivity contribution in [2.45, 2.75) is 46.0 Å². The van der Waals surface area contributed by atoms with Crippen molar-refractivity contribution in [1.82, 2.24) is 15.5 Å². The van der Waals surface area contributed by atoms with Gasteiger partial charge >= 0.3 is 0 Å². The number of amides is 1. The van der Waals surface area contributed by atoms with Crippen molar-refractivity contribution in [3.63, 3.8) is 0 Å². The summed E-state index contributed by atoms with van der Waals surface area (Å²) in [5, 5.41) is 13.4. The topological polar surface area (TPSA) is 69.8 Å². The maximum absolute atomic E-state index is 12.5. The highest BCUT2D eigenvalue weighted by molar-refractivity contribution is 5.94. The molecular formula is C14H24N4O. The van der Waals surface area contributed by atoms with Crippen LogP contribution in [-0.2, 0) is 11.2 Å². The lowest BCUT2D eigenvalue weighted by Crippen LogP contribution is -2.47. The van der Waals surface area contributed by atoms with Gasteiger partial charge in [0.2, 0.25) is 5.91 Å². The van der Waals surface area contributed by atoms with E-state index >= 15 is 0 Å². The van der Waals surface area contributed by atoms with E-state index in [4.69, 9.17) is 0 Å². The summed E-state index contributed by atoms with van der Waals surface area (Å²) in [5.74, 6) is 0.739. The Hall–Kier alpha value is -1.36. The van der Waals surface area contributed by atoms with Gasteiger partial charge in [-0.25, -0.2) is 0 Å². The van der Waals surface area contributed by atoms with Crippen LogP contribution in [0.2, 0.25) is 0 Å². The van der Waals surface area contributed by atoms with Crippen LogP contribution in [0.5, 0.6) is 0 Å². The first-order valence-corrected chi connectivity index (χ1v) is 7.26. The van der Waals surface area contributed by atoms with Crippen LogP contribution in [0.25, 0.3) is 0 Å². The lowest BCUT2D eigenvalue weighted by molar-refractivity contribution is -0.126. The minimum absolute atomic E-state index is 0.0942. The molecule has 0 saturated carbocycles. The van der Waals surface area contributed by atoms with Crippen molar-refractivity contribution in [3.05, 3.63) is 11.8 Å². The number of anilines is 1. The van der Waals surface area contributed by atoms with Gasteiger partial charge in [-0.1, -0.05) is 20.3 Å². The van der Waals surface area contributed by atoms with Crippen molar-refractivity contribution in [3.8, 4) is 0 Å². The Kier molecular flexibility index (Phi) is 4.58. The number of hydrogen-bond donors (Lipinski definition) is 3. The zero-order chi connectivity index (χ0) is 13.7. The van der Waals surface area contributed by atoms with Gasteiger partial charge in [0.1, 0.15) is 0 Å². The molecule has 1 fully saturated rings. The summed E-state index contributed by atoms with van der Waals surface area (Å²) in [5.41, 5.74) is 0.799. The van der Waals surface area contributed by atoms with E-state index in [9.17, 15) is 4.79 Å². The molecule has 1 aromatic rings. The number of aromatic amines is 1. The van der Waals surface area contributed by atoms with Gasteiger partial charge in [-0.15, -0.1) is 0 Å². The van der Waals surface area contributed by atoms with Crippen LogP contribution < -0.4 is 10.6 Å². The second-order valence-electron chi connectivity index (χ2n) is 5.40. The highest BCUT2D eigenvalue weighted by atomic mass is 16.2. The largest absolute Gasteiger partial charge is 0.316 e. The third kappa shape index (κ3) is 3.15. The molecule has 5 nitrogen and oxygen atoms in total. The molecule has 2 rings (SSSR count). The van der Waals surface area contributed by atoms with E-state index in [1.165, 1.54) is 0 Å². The second kappa shape index (κ2) is 6.19. The summed E-state index contributed by atoms with van der Waals surface area (Å²) in [4.78, 5) is 12.5. The van der Waals surface area contributed by atoms with E-state index in [1.807, 2.05) is 6.07 Å². The molecule has 0 aromatic carbocycles. The molecule has 0 bridgehead atoms. The van der Waals surface area contributed by atoms with Gasteiger partial charge in [0, 0.05) is 18.3 Å². The van der Waals surface area contributed by atoms with Crippen LogP contribution >= 0.6 is 0 Å². The molecule has 1 atom stereocenters. The summed E-state index contributed by atoms with van der Waals surface area (Å²) in [6, 6.07) is 1.93. The van der Waals surface area contributed by atoms with E-state index in [2.05, 4.69) is 34.7 Å². The molecule has 1 aliphatic heterocycles. The zero-order valence-electron chi connectivity index (χ0n) is 11.9. The maximum atomic E-state index is 12.5. The van der Waals surface area contributed by atoms with E-state index in [1.54, 1.807) is 0 Å². The predicted molar refractivity (Wildman–Crippen MR) is 76.0 cm³/mol. The lowest BCUT2D eigenvalue weighted by atomic mass is 9.77. The van der Waals surface area contributed by atoms with Crippen LogP contribution in [-0.4, -0.2) is 29.2 Å². The Labute approximate surface area is 114 Å². The molecule has 1 amide bonds. The predicted octanol–water partition coefficient (Wildman–Crippen LogP) is 2.08. The fourth-order valence-electron chi connectivity index (χ4n) is 2.70. The lowest BCUT2D eigenvalue weighted by Gasteiger charge is -2.35. The van der Waals surface area contributed by atoms with Gasteiger partial charge in [-0.2, -0.15) is 5.10 Å². The Morgan fingerprint density at radius 3 is 3.00 bits per heavy atom. The van der Waals surface area contributed by atoms with Gasteiger partial charge < -0.3 is 10.6 Å². The molecule has 19 heavy (non-hydrogen) atoms. The molecular weight excluding hydrogens is 240 g/mol. The van der Waals surface area contributed by atoms with Crippen LogP contribution in [0.1, 0.15) is 45.2 Å². The molecule has 1 unspecified atom stereocenters. The number of nitrogens with zero attached hydrogens (tertiary/aromatic N) is 1. The van der Waals surface area contributed by atoms with Gasteiger partial charge in [0.05, 0.1) is 5.41 Å².